The lowest BCUT2D eigenvalue weighted by Crippen LogP contribution is -2.23. The predicted molar refractivity (Wildman–Crippen MR) is 87.1 cm³/mol. The molecule has 3 nitrogen and oxygen atoms in total. The van der Waals surface area contributed by atoms with Gasteiger partial charge in [0, 0.05) is 29.7 Å². The van der Waals surface area contributed by atoms with Gasteiger partial charge in [0.1, 0.15) is 0 Å². The number of rotatable bonds is 6. The minimum absolute atomic E-state index is 0.470. The van der Waals surface area contributed by atoms with E-state index >= 15 is 0 Å². The summed E-state index contributed by atoms with van der Waals surface area (Å²) in [6.45, 7) is 6.18. The van der Waals surface area contributed by atoms with Gasteiger partial charge < -0.3 is 5.32 Å². The van der Waals surface area contributed by atoms with Gasteiger partial charge in [0.05, 0.1) is 5.69 Å². The SMILES string of the molecule is CCNCC(Cc1cc(C)nn1C)c1ccc(Br)cc1. The van der Waals surface area contributed by atoms with Crippen molar-refractivity contribution in [2.75, 3.05) is 13.1 Å². The maximum Gasteiger partial charge on any atom is 0.0596 e. The molecule has 0 radical (unpaired) electrons. The van der Waals surface area contributed by atoms with Gasteiger partial charge in [-0.25, -0.2) is 0 Å². The van der Waals surface area contributed by atoms with Gasteiger partial charge in [-0.3, -0.25) is 4.68 Å². The van der Waals surface area contributed by atoms with E-state index in [9.17, 15) is 0 Å². The van der Waals surface area contributed by atoms with E-state index in [1.807, 2.05) is 18.7 Å². The van der Waals surface area contributed by atoms with Crippen molar-refractivity contribution in [2.24, 2.45) is 7.05 Å². The zero-order chi connectivity index (χ0) is 14.5. The first kappa shape index (κ1) is 15.3. The molecule has 4 heteroatoms. The summed E-state index contributed by atoms with van der Waals surface area (Å²) in [5, 5.41) is 7.91. The maximum absolute atomic E-state index is 4.44. The Labute approximate surface area is 129 Å². The maximum atomic E-state index is 4.44. The lowest BCUT2D eigenvalue weighted by molar-refractivity contribution is 0.570. The molecule has 0 saturated carbocycles. The summed E-state index contributed by atoms with van der Waals surface area (Å²) in [6.07, 6.45) is 1.01. The summed E-state index contributed by atoms with van der Waals surface area (Å²) < 4.78 is 3.12. The Morgan fingerprint density at radius 1 is 1.30 bits per heavy atom. The number of nitrogens with one attached hydrogen (secondary N) is 1. The third-order valence-electron chi connectivity index (χ3n) is 3.54. The number of aryl methyl sites for hydroxylation is 2. The van der Waals surface area contributed by atoms with E-state index in [2.05, 4.69) is 63.6 Å². The molecule has 108 valence electrons. The second-order valence-corrected chi connectivity index (χ2v) is 6.08. The van der Waals surface area contributed by atoms with Crippen LogP contribution in [0.1, 0.15) is 29.8 Å². The highest BCUT2D eigenvalue weighted by Crippen LogP contribution is 2.22. The van der Waals surface area contributed by atoms with Crippen LogP contribution in [0.3, 0.4) is 0 Å². The van der Waals surface area contributed by atoms with Gasteiger partial charge in [0.2, 0.25) is 0 Å². The van der Waals surface area contributed by atoms with Crippen LogP contribution in [0, 0.1) is 6.92 Å². The molecule has 1 aromatic heterocycles. The molecule has 0 fully saturated rings. The molecule has 20 heavy (non-hydrogen) atoms. The second kappa shape index (κ2) is 7.04. The van der Waals surface area contributed by atoms with Gasteiger partial charge in [-0.1, -0.05) is 35.0 Å². The third-order valence-corrected chi connectivity index (χ3v) is 4.07. The minimum Gasteiger partial charge on any atom is -0.316 e. The third kappa shape index (κ3) is 3.93. The fourth-order valence-electron chi connectivity index (χ4n) is 2.47. The number of nitrogens with zero attached hydrogens (tertiary/aromatic N) is 2. The highest BCUT2D eigenvalue weighted by molar-refractivity contribution is 9.10. The smallest absolute Gasteiger partial charge is 0.0596 e. The molecule has 1 atom stereocenters. The summed E-state index contributed by atoms with van der Waals surface area (Å²) in [6, 6.07) is 10.8. The molecule has 2 aromatic rings. The van der Waals surface area contributed by atoms with Gasteiger partial charge in [0.25, 0.3) is 0 Å². The molecule has 0 aliphatic heterocycles. The monoisotopic (exact) mass is 335 g/mol. The summed E-state index contributed by atoms with van der Waals surface area (Å²) in [4.78, 5) is 0. The normalized spacial score (nSPS) is 12.6. The van der Waals surface area contributed by atoms with Crippen LogP contribution in [0.5, 0.6) is 0 Å². The van der Waals surface area contributed by atoms with E-state index in [0.717, 1.165) is 29.7 Å². The van der Waals surface area contributed by atoms with Crippen molar-refractivity contribution < 1.29 is 0 Å². The Bertz CT molecular complexity index is 545. The largest absolute Gasteiger partial charge is 0.316 e. The summed E-state index contributed by atoms with van der Waals surface area (Å²) in [7, 11) is 2.02. The second-order valence-electron chi connectivity index (χ2n) is 5.16. The number of aromatic nitrogens is 2. The molecule has 0 aliphatic rings. The van der Waals surface area contributed by atoms with E-state index in [0.29, 0.717) is 5.92 Å². The lowest BCUT2D eigenvalue weighted by Gasteiger charge is -2.18. The average molecular weight is 336 g/mol. The molecule has 1 heterocycles. The standard InChI is InChI=1S/C16H22BrN3/c1-4-18-11-14(13-5-7-15(17)8-6-13)10-16-9-12(2)19-20(16)3/h5-9,14,18H,4,10-11H2,1-3H3. The summed E-state index contributed by atoms with van der Waals surface area (Å²) >= 11 is 3.50. The molecule has 0 bridgehead atoms. The van der Waals surface area contributed by atoms with Crippen LogP contribution in [0.2, 0.25) is 0 Å². The summed E-state index contributed by atoms with van der Waals surface area (Å²) in [5.74, 6) is 0.470. The van der Waals surface area contributed by atoms with Gasteiger partial charge in [-0.15, -0.1) is 0 Å². The van der Waals surface area contributed by atoms with E-state index < -0.39 is 0 Å². The van der Waals surface area contributed by atoms with Gasteiger partial charge >= 0.3 is 0 Å². The van der Waals surface area contributed by atoms with Crippen molar-refractivity contribution in [3.05, 3.63) is 51.8 Å². The molecule has 0 aliphatic carbocycles. The van der Waals surface area contributed by atoms with Crippen LogP contribution in [0.25, 0.3) is 0 Å². The molecule has 0 saturated heterocycles. The molecule has 1 aromatic carbocycles. The minimum atomic E-state index is 0.470. The van der Waals surface area contributed by atoms with Crippen LogP contribution in [0.15, 0.2) is 34.8 Å². The first-order chi connectivity index (χ1) is 9.60. The van der Waals surface area contributed by atoms with Crippen LogP contribution in [-0.2, 0) is 13.5 Å². The lowest BCUT2D eigenvalue weighted by atomic mass is 9.94. The zero-order valence-corrected chi connectivity index (χ0v) is 13.9. The van der Waals surface area contributed by atoms with E-state index in [-0.39, 0.29) is 0 Å². The predicted octanol–water partition coefficient (Wildman–Crippen LogP) is 3.43. The molecule has 0 spiro atoms. The first-order valence-corrected chi connectivity index (χ1v) is 7.85. The average Bonchev–Trinajstić information content (AvgIpc) is 2.74. The molecular weight excluding hydrogens is 314 g/mol. The number of benzene rings is 1. The van der Waals surface area contributed by atoms with Gasteiger partial charge in [-0.2, -0.15) is 5.10 Å². The van der Waals surface area contributed by atoms with Crippen LogP contribution >= 0.6 is 15.9 Å². The molecule has 1 unspecified atom stereocenters. The van der Waals surface area contributed by atoms with Crippen molar-refractivity contribution in [1.82, 2.24) is 15.1 Å². The highest BCUT2D eigenvalue weighted by atomic mass is 79.9. The van der Waals surface area contributed by atoms with Crippen molar-refractivity contribution in [3.63, 3.8) is 0 Å². The fourth-order valence-corrected chi connectivity index (χ4v) is 2.73. The zero-order valence-electron chi connectivity index (χ0n) is 12.4. The van der Waals surface area contributed by atoms with Crippen molar-refractivity contribution >= 4 is 15.9 Å². The van der Waals surface area contributed by atoms with Crippen molar-refractivity contribution in [1.29, 1.82) is 0 Å². The molecular formula is C16H22BrN3. The Balaban J connectivity index is 2.18. The quantitative estimate of drug-likeness (QED) is 0.876. The topological polar surface area (TPSA) is 29.9 Å². The highest BCUT2D eigenvalue weighted by Gasteiger charge is 2.14. The van der Waals surface area contributed by atoms with Gasteiger partial charge in [0.15, 0.2) is 0 Å². The van der Waals surface area contributed by atoms with Crippen molar-refractivity contribution in [2.45, 2.75) is 26.2 Å². The molecule has 2 rings (SSSR count). The Morgan fingerprint density at radius 2 is 2.00 bits per heavy atom. The van der Waals surface area contributed by atoms with Crippen LogP contribution in [0.4, 0.5) is 0 Å². The molecule has 1 N–H and O–H groups in total. The molecule has 0 amide bonds. The van der Waals surface area contributed by atoms with Crippen LogP contribution < -0.4 is 5.32 Å². The summed E-state index contributed by atoms with van der Waals surface area (Å²) in [5.41, 5.74) is 3.74. The van der Waals surface area contributed by atoms with E-state index in [1.165, 1.54) is 11.3 Å². The van der Waals surface area contributed by atoms with E-state index in [4.69, 9.17) is 0 Å². The Morgan fingerprint density at radius 3 is 2.55 bits per heavy atom. The van der Waals surface area contributed by atoms with E-state index in [1.54, 1.807) is 0 Å². The van der Waals surface area contributed by atoms with Crippen molar-refractivity contribution in [3.8, 4) is 0 Å². The van der Waals surface area contributed by atoms with Crippen LogP contribution in [-0.4, -0.2) is 22.9 Å². The Hall–Kier alpha value is -1.13. The number of hydrogen-bond donors (Lipinski definition) is 1. The number of hydrogen-bond acceptors (Lipinski definition) is 2. The first-order valence-electron chi connectivity index (χ1n) is 7.06. The number of likely N-dealkylation sites (N-methyl/N-ethyl adjacent to an activating group) is 1. The Kier molecular flexibility index (Phi) is 5.38. The van der Waals surface area contributed by atoms with Gasteiger partial charge in [-0.05, 0) is 43.7 Å². The fraction of sp³-hybridized carbons (Fsp3) is 0.438. The number of halogens is 1.